The number of benzene rings is 2. The van der Waals surface area contributed by atoms with Gasteiger partial charge in [-0.05, 0) is 17.2 Å². The van der Waals surface area contributed by atoms with Crippen LogP contribution >= 0.6 is 11.6 Å². The average molecular weight is 269 g/mol. The summed E-state index contributed by atoms with van der Waals surface area (Å²) in [6.07, 6.45) is 3.60. The molecule has 0 bridgehead atoms. The van der Waals surface area contributed by atoms with Gasteiger partial charge in [-0.3, -0.25) is 0 Å². The highest BCUT2D eigenvalue weighted by Gasteiger charge is 2.28. The van der Waals surface area contributed by atoms with Crippen molar-refractivity contribution in [3.05, 3.63) is 77.9 Å². The van der Waals surface area contributed by atoms with Crippen LogP contribution in [0.2, 0.25) is 0 Å². The van der Waals surface area contributed by atoms with Gasteiger partial charge in [0.15, 0.2) is 5.00 Å². The van der Waals surface area contributed by atoms with E-state index in [2.05, 4.69) is 10.3 Å². The van der Waals surface area contributed by atoms with Gasteiger partial charge in [-0.15, -0.1) is 0 Å². The van der Waals surface area contributed by atoms with Gasteiger partial charge in [-0.25, -0.2) is 4.99 Å². The Morgan fingerprint density at radius 3 is 2.21 bits per heavy atom. The molecule has 94 valence electrons. The molecular formula is C16H13ClN2. The van der Waals surface area contributed by atoms with Crippen molar-refractivity contribution in [2.45, 2.75) is 5.00 Å². The Hall–Kier alpha value is -2.06. The van der Waals surface area contributed by atoms with Crippen LogP contribution in [0.3, 0.4) is 0 Å². The quantitative estimate of drug-likeness (QED) is 0.651. The van der Waals surface area contributed by atoms with E-state index in [9.17, 15) is 0 Å². The van der Waals surface area contributed by atoms with Crippen LogP contribution in [0.5, 0.6) is 0 Å². The number of alkyl halides is 1. The summed E-state index contributed by atoms with van der Waals surface area (Å²) in [6.45, 7) is 0. The molecule has 1 N–H and O–H groups in total. The second-order valence-electron chi connectivity index (χ2n) is 4.38. The number of aliphatic imine (C=N–C) groups is 1. The van der Waals surface area contributed by atoms with Gasteiger partial charge in [0.1, 0.15) is 0 Å². The van der Waals surface area contributed by atoms with Crippen molar-refractivity contribution in [1.82, 2.24) is 5.32 Å². The Labute approximate surface area is 117 Å². The summed E-state index contributed by atoms with van der Waals surface area (Å²) in [7, 11) is 0. The van der Waals surface area contributed by atoms with Crippen LogP contribution in [-0.2, 0) is 5.00 Å². The Balaban J connectivity index is 2.02. The first-order valence-electron chi connectivity index (χ1n) is 6.11. The highest BCUT2D eigenvalue weighted by Crippen LogP contribution is 2.33. The van der Waals surface area contributed by atoms with Crippen LogP contribution in [0, 0.1) is 0 Å². The molecule has 0 saturated heterocycles. The summed E-state index contributed by atoms with van der Waals surface area (Å²) in [5, 5.41) is 3.11. The molecule has 2 aromatic rings. The van der Waals surface area contributed by atoms with E-state index < -0.39 is 5.00 Å². The fourth-order valence-electron chi connectivity index (χ4n) is 2.08. The molecule has 19 heavy (non-hydrogen) atoms. The highest BCUT2D eigenvalue weighted by atomic mass is 35.5. The molecule has 1 atom stereocenters. The molecule has 1 unspecified atom stereocenters. The van der Waals surface area contributed by atoms with Crippen LogP contribution in [0.4, 0.5) is 0 Å². The SMILES string of the molecule is ClC1(c2ccccc2)C=C(c2ccccc2)N=CN1. The van der Waals surface area contributed by atoms with E-state index in [-0.39, 0.29) is 0 Å². The summed E-state index contributed by atoms with van der Waals surface area (Å²) in [6, 6.07) is 19.9. The molecule has 2 nitrogen and oxygen atoms in total. The molecule has 0 spiro atoms. The lowest BCUT2D eigenvalue weighted by Gasteiger charge is -2.27. The summed E-state index contributed by atoms with van der Waals surface area (Å²) in [4.78, 5) is 3.62. The summed E-state index contributed by atoms with van der Waals surface area (Å²) >= 11 is 6.67. The minimum absolute atomic E-state index is 0.742. The number of nitrogens with zero attached hydrogens (tertiary/aromatic N) is 1. The van der Waals surface area contributed by atoms with Gasteiger partial charge < -0.3 is 5.32 Å². The number of hydrogen-bond acceptors (Lipinski definition) is 2. The molecule has 3 heteroatoms. The molecule has 1 aliphatic heterocycles. The normalized spacial score (nSPS) is 21.6. The third-order valence-corrected chi connectivity index (χ3v) is 3.51. The third kappa shape index (κ3) is 2.40. The second kappa shape index (κ2) is 4.90. The Kier molecular flexibility index (Phi) is 3.10. The predicted molar refractivity (Wildman–Crippen MR) is 80.0 cm³/mol. The van der Waals surface area contributed by atoms with Crippen molar-refractivity contribution >= 4 is 23.6 Å². The van der Waals surface area contributed by atoms with E-state index in [4.69, 9.17) is 11.6 Å². The lowest BCUT2D eigenvalue weighted by Crippen LogP contribution is -2.36. The van der Waals surface area contributed by atoms with Crippen molar-refractivity contribution in [3.8, 4) is 0 Å². The maximum Gasteiger partial charge on any atom is 0.160 e. The molecule has 0 aromatic heterocycles. The van der Waals surface area contributed by atoms with E-state index in [1.807, 2.05) is 66.7 Å². The van der Waals surface area contributed by atoms with Crippen molar-refractivity contribution in [2.24, 2.45) is 4.99 Å². The number of rotatable bonds is 2. The monoisotopic (exact) mass is 268 g/mol. The highest BCUT2D eigenvalue weighted by molar-refractivity contribution is 6.26. The fraction of sp³-hybridized carbons (Fsp3) is 0.0625. The van der Waals surface area contributed by atoms with Gasteiger partial charge in [0.25, 0.3) is 0 Å². The van der Waals surface area contributed by atoms with E-state index in [0.717, 1.165) is 16.8 Å². The van der Waals surface area contributed by atoms with Gasteiger partial charge in [0, 0.05) is 0 Å². The summed E-state index contributed by atoms with van der Waals surface area (Å²) < 4.78 is 0. The maximum absolute atomic E-state index is 6.67. The molecule has 1 heterocycles. The minimum Gasteiger partial charge on any atom is -0.351 e. The van der Waals surface area contributed by atoms with Crippen molar-refractivity contribution in [3.63, 3.8) is 0 Å². The summed E-state index contributed by atoms with van der Waals surface area (Å²) in [5.41, 5.74) is 2.93. The standard InChI is InChI=1S/C16H13ClN2/c17-16(14-9-5-2-6-10-14)11-15(18-12-19-16)13-7-3-1-4-8-13/h1-12H,(H,18,19). The lowest BCUT2D eigenvalue weighted by molar-refractivity contribution is 0.708. The molecule has 0 amide bonds. The molecule has 2 aromatic carbocycles. The predicted octanol–water partition coefficient (Wildman–Crippen LogP) is 3.75. The van der Waals surface area contributed by atoms with Gasteiger partial charge in [-0.2, -0.15) is 0 Å². The summed E-state index contributed by atoms with van der Waals surface area (Å²) in [5.74, 6) is 0. The topological polar surface area (TPSA) is 24.4 Å². The van der Waals surface area contributed by atoms with E-state index in [1.54, 1.807) is 6.34 Å². The van der Waals surface area contributed by atoms with E-state index >= 15 is 0 Å². The van der Waals surface area contributed by atoms with Crippen LogP contribution in [0.15, 0.2) is 71.7 Å². The zero-order chi connectivity index (χ0) is 13.1. The van der Waals surface area contributed by atoms with Gasteiger partial charge in [-0.1, -0.05) is 72.3 Å². The van der Waals surface area contributed by atoms with E-state index in [1.165, 1.54) is 0 Å². The molecule has 1 aliphatic rings. The number of nitrogens with one attached hydrogen (secondary N) is 1. The van der Waals surface area contributed by atoms with Crippen LogP contribution in [0.25, 0.3) is 5.70 Å². The molecular weight excluding hydrogens is 256 g/mol. The minimum atomic E-state index is -0.742. The van der Waals surface area contributed by atoms with Gasteiger partial charge in [0.2, 0.25) is 0 Å². The zero-order valence-corrected chi connectivity index (χ0v) is 11.0. The largest absolute Gasteiger partial charge is 0.351 e. The molecule has 0 aliphatic carbocycles. The lowest BCUT2D eigenvalue weighted by atomic mass is 10.0. The molecule has 0 saturated carbocycles. The Bertz CT molecular complexity index is 620. The zero-order valence-electron chi connectivity index (χ0n) is 10.3. The molecule has 3 rings (SSSR count). The first-order valence-corrected chi connectivity index (χ1v) is 6.49. The Morgan fingerprint density at radius 1 is 0.895 bits per heavy atom. The Morgan fingerprint density at radius 2 is 1.53 bits per heavy atom. The fourth-order valence-corrected chi connectivity index (χ4v) is 2.36. The maximum atomic E-state index is 6.67. The van der Waals surface area contributed by atoms with Crippen LogP contribution in [0.1, 0.15) is 11.1 Å². The third-order valence-electron chi connectivity index (χ3n) is 3.08. The van der Waals surface area contributed by atoms with Crippen molar-refractivity contribution in [2.75, 3.05) is 0 Å². The molecule has 0 fully saturated rings. The average Bonchev–Trinajstić information content (AvgIpc) is 2.49. The van der Waals surface area contributed by atoms with Gasteiger partial charge in [0.05, 0.1) is 12.0 Å². The van der Waals surface area contributed by atoms with E-state index in [0.29, 0.717) is 0 Å². The van der Waals surface area contributed by atoms with Crippen molar-refractivity contribution in [1.29, 1.82) is 0 Å². The van der Waals surface area contributed by atoms with Crippen molar-refractivity contribution < 1.29 is 0 Å². The first kappa shape index (κ1) is 12.0. The van der Waals surface area contributed by atoms with Crippen LogP contribution in [-0.4, -0.2) is 6.34 Å². The smallest absolute Gasteiger partial charge is 0.160 e. The van der Waals surface area contributed by atoms with Gasteiger partial charge >= 0.3 is 0 Å². The number of halogens is 1. The second-order valence-corrected chi connectivity index (χ2v) is 4.97. The van der Waals surface area contributed by atoms with Crippen LogP contribution < -0.4 is 5.32 Å². The first-order chi connectivity index (χ1) is 9.28. The number of hydrogen-bond donors (Lipinski definition) is 1. The molecule has 0 radical (unpaired) electrons.